The Morgan fingerprint density at radius 3 is 2.67 bits per heavy atom. The van der Waals surface area contributed by atoms with Crippen molar-refractivity contribution in [3.05, 3.63) is 72.4 Å². The van der Waals surface area contributed by atoms with Crippen molar-refractivity contribution in [1.82, 2.24) is 10.3 Å². The Bertz CT molecular complexity index is 707. The van der Waals surface area contributed by atoms with Gasteiger partial charge in [0.15, 0.2) is 0 Å². The van der Waals surface area contributed by atoms with Crippen molar-refractivity contribution in [1.29, 1.82) is 0 Å². The summed E-state index contributed by atoms with van der Waals surface area (Å²) in [5.74, 6) is 0.872. The van der Waals surface area contributed by atoms with E-state index in [4.69, 9.17) is 4.74 Å². The molecule has 0 saturated heterocycles. The van der Waals surface area contributed by atoms with Crippen molar-refractivity contribution >= 4 is 10.9 Å². The van der Waals surface area contributed by atoms with Crippen molar-refractivity contribution < 1.29 is 4.74 Å². The first kappa shape index (κ1) is 13.6. The lowest BCUT2D eigenvalue weighted by molar-refractivity contribution is 0.276. The molecule has 0 spiro atoms. The van der Waals surface area contributed by atoms with E-state index in [0.717, 1.165) is 16.7 Å². The third kappa shape index (κ3) is 3.03. The van der Waals surface area contributed by atoms with Crippen LogP contribution in [0.4, 0.5) is 0 Å². The quantitative estimate of drug-likeness (QED) is 0.774. The number of pyridine rings is 1. The van der Waals surface area contributed by atoms with E-state index in [2.05, 4.69) is 22.4 Å². The van der Waals surface area contributed by atoms with Crippen molar-refractivity contribution in [2.45, 2.75) is 6.04 Å². The van der Waals surface area contributed by atoms with Gasteiger partial charge in [0, 0.05) is 11.6 Å². The normalized spacial score (nSPS) is 12.2. The molecule has 21 heavy (non-hydrogen) atoms. The fourth-order valence-electron chi connectivity index (χ4n) is 2.41. The SMILES string of the molecule is CNC(COc1cccc2ncccc12)c1ccccc1. The van der Waals surface area contributed by atoms with Gasteiger partial charge in [0.1, 0.15) is 12.4 Å². The predicted molar refractivity (Wildman–Crippen MR) is 85.5 cm³/mol. The minimum atomic E-state index is 0.165. The van der Waals surface area contributed by atoms with E-state index in [1.807, 2.05) is 55.6 Å². The Hall–Kier alpha value is -2.39. The first-order valence-corrected chi connectivity index (χ1v) is 7.07. The molecule has 0 aliphatic carbocycles. The fourth-order valence-corrected chi connectivity index (χ4v) is 2.41. The molecule has 1 aromatic heterocycles. The summed E-state index contributed by atoms with van der Waals surface area (Å²) in [5.41, 5.74) is 2.18. The molecule has 3 rings (SSSR count). The van der Waals surface area contributed by atoms with Crippen LogP contribution in [0.5, 0.6) is 5.75 Å². The summed E-state index contributed by atoms with van der Waals surface area (Å²) in [4.78, 5) is 4.35. The molecular weight excluding hydrogens is 260 g/mol. The summed E-state index contributed by atoms with van der Waals surface area (Å²) in [6, 6.07) is 20.4. The van der Waals surface area contributed by atoms with E-state index in [1.165, 1.54) is 5.56 Å². The topological polar surface area (TPSA) is 34.1 Å². The highest BCUT2D eigenvalue weighted by atomic mass is 16.5. The molecule has 0 bridgehead atoms. The van der Waals surface area contributed by atoms with Crippen LogP contribution in [0.15, 0.2) is 66.9 Å². The lowest BCUT2D eigenvalue weighted by atomic mass is 10.1. The van der Waals surface area contributed by atoms with Gasteiger partial charge >= 0.3 is 0 Å². The molecule has 0 aliphatic heterocycles. The largest absolute Gasteiger partial charge is 0.491 e. The van der Waals surface area contributed by atoms with Crippen LogP contribution in [-0.4, -0.2) is 18.6 Å². The van der Waals surface area contributed by atoms with Crippen molar-refractivity contribution in [3.8, 4) is 5.75 Å². The second kappa shape index (κ2) is 6.37. The van der Waals surface area contributed by atoms with E-state index in [-0.39, 0.29) is 6.04 Å². The van der Waals surface area contributed by atoms with Gasteiger partial charge in [0.25, 0.3) is 0 Å². The Labute approximate surface area is 124 Å². The van der Waals surface area contributed by atoms with Gasteiger partial charge in [0.2, 0.25) is 0 Å². The van der Waals surface area contributed by atoms with E-state index in [1.54, 1.807) is 6.20 Å². The maximum Gasteiger partial charge on any atom is 0.128 e. The Kier molecular flexibility index (Phi) is 4.12. The average molecular weight is 278 g/mol. The van der Waals surface area contributed by atoms with Crippen LogP contribution >= 0.6 is 0 Å². The van der Waals surface area contributed by atoms with Crippen molar-refractivity contribution in [2.24, 2.45) is 0 Å². The van der Waals surface area contributed by atoms with Crippen LogP contribution in [0, 0.1) is 0 Å². The van der Waals surface area contributed by atoms with Crippen molar-refractivity contribution in [3.63, 3.8) is 0 Å². The maximum absolute atomic E-state index is 6.02. The molecule has 1 unspecified atom stereocenters. The van der Waals surface area contributed by atoms with Crippen LogP contribution in [0.1, 0.15) is 11.6 Å². The molecule has 0 amide bonds. The number of likely N-dealkylation sites (N-methyl/N-ethyl adjacent to an activating group) is 1. The summed E-state index contributed by atoms with van der Waals surface area (Å²) in [7, 11) is 1.95. The number of ether oxygens (including phenoxy) is 1. The summed E-state index contributed by atoms with van der Waals surface area (Å²) >= 11 is 0. The zero-order valence-corrected chi connectivity index (χ0v) is 12.0. The summed E-state index contributed by atoms with van der Waals surface area (Å²) < 4.78 is 6.02. The third-order valence-corrected chi connectivity index (χ3v) is 3.56. The van der Waals surface area contributed by atoms with Gasteiger partial charge in [-0.15, -0.1) is 0 Å². The second-order valence-corrected chi connectivity index (χ2v) is 4.89. The third-order valence-electron chi connectivity index (χ3n) is 3.56. The van der Waals surface area contributed by atoms with Gasteiger partial charge in [-0.05, 0) is 36.9 Å². The molecule has 3 nitrogen and oxygen atoms in total. The highest BCUT2D eigenvalue weighted by molar-refractivity contribution is 5.84. The highest BCUT2D eigenvalue weighted by Gasteiger charge is 2.10. The Morgan fingerprint density at radius 2 is 1.86 bits per heavy atom. The Balaban J connectivity index is 1.79. The zero-order valence-electron chi connectivity index (χ0n) is 12.0. The van der Waals surface area contributed by atoms with Crippen LogP contribution < -0.4 is 10.1 Å². The lowest BCUT2D eigenvalue weighted by Gasteiger charge is -2.18. The number of benzene rings is 2. The summed E-state index contributed by atoms with van der Waals surface area (Å²) in [6.45, 7) is 0.578. The highest BCUT2D eigenvalue weighted by Crippen LogP contribution is 2.25. The number of aromatic nitrogens is 1. The molecule has 3 heteroatoms. The van der Waals surface area contributed by atoms with Gasteiger partial charge in [-0.2, -0.15) is 0 Å². The molecule has 3 aromatic rings. The molecule has 0 aliphatic rings. The first-order valence-electron chi connectivity index (χ1n) is 7.07. The number of nitrogens with one attached hydrogen (secondary N) is 1. The van der Waals surface area contributed by atoms with Crippen LogP contribution in [-0.2, 0) is 0 Å². The minimum absolute atomic E-state index is 0.165. The fraction of sp³-hybridized carbons (Fsp3) is 0.167. The van der Waals surface area contributed by atoms with E-state index in [9.17, 15) is 0 Å². The molecule has 2 aromatic carbocycles. The van der Waals surface area contributed by atoms with E-state index in [0.29, 0.717) is 6.61 Å². The number of hydrogen-bond donors (Lipinski definition) is 1. The second-order valence-electron chi connectivity index (χ2n) is 4.89. The summed E-state index contributed by atoms with van der Waals surface area (Å²) in [6.07, 6.45) is 1.80. The minimum Gasteiger partial charge on any atom is -0.491 e. The molecular formula is C18H18N2O. The lowest BCUT2D eigenvalue weighted by Crippen LogP contribution is -2.23. The zero-order chi connectivity index (χ0) is 14.5. The van der Waals surface area contributed by atoms with Gasteiger partial charge < -0.3 is 10.1 Å². The molecule has 1 atom stereocenters. The van der Waals surface area contributed by atoms with E-state index >= 15 is 0 Å². The number of hydrogen-bond acceptors (Lipinski definition) is 3. The molecule has 0 radical (unpaired) electrons. The van der Waals surface area contributed by atoms with E-state index < -0.39 is 0 Å². The van der Waals surface area contributed by atoms with Crippen LogP contribution in [0.25, 0.3) is 10.9 Å². The Morgan fingerprint density at radius 1 is 1.00 bits per heavy atom. The number of rotatable bonds is 5. The molecule has 1 heterocycles. The van der Waals surface area contributed by atoms with Gasteiger partial charge in [-0.3, -0.25) is 4.98 Å². The average Bonchev–Trinajstić information content (AvgIpc) is 2.56. The predicted octanol–water partition coefficient (Wildman–Crippen LogP) is 3.57. The first-order chi connectivity index (χ1) is 10.4. The number of fused-ring (bicyclic) bond motifs is 1. The molecule has 0 fully saturated rings. The van der Waals surface area contributed by atoms with Gasteiger partial charge in [-0.25, -0.2) is 0 Å². The van der Waals surface area contributed by atoms with Crippen molar-refractivity contribution in [2.75, 3.05) is 13.7 Å². The van der Waals surface area contributed by atoms with Crippen LogP contribution in [0.3, 0.4) is 0 Å². The molecule has 106 valence electrons. The standard InChI is InChI=1S/C18H18N2O/c1-19-17(14-7-3-2-4-8-14)13-21-18-11-5-10-16-15(18)9-6-12-20-16/h2-12,17,19H,13H2,1H3. The van der Waals surface area contributed by atoms with Gasteiger partial charge in [0.05, 0.1) is 11.6 Å². The maximum atomic E-state index is 6.02. The smallest absolute Gasteiger partial charge is 0.128 e. The molecule has 1 N–H and O–H groups in total. The van der Waals surface area contributed by atoms with Crippen LogP contribution in [0.2, 0.25) is 0 Å². The summed E-state index contributed by atoms with van der Waals surface area (Å²) in [5, 5.41) is 4.34. The number of nitrogens with zero attached hydrogens (tertiary/aromatic N) is 1. The molecule has 0 saturated carbocycles. The monoisotopic (exact) mass is 278 g/mol. The van der Waals surface area contributed by atoms with Gasteiger partial charge in [-0.1, -0.05) is 36.4 Å².